The number of carboxylic acids is 1. The van der Waals surface area contributed by atoms with Crippen molar-refractivity contribution in [3.63, 3.8) is 0 Å². The SMILES string of the molecule is COCCN(c1cc(C(=O)O)ccn1)C1CC1. The predicted octanol–water partition coefficient (Wildman–Crippen LogP) is 1.40. The van der Waals surface area contributed by atoms with Crippen molar-refractivity contribution in [3.8, 4) is 0 Å². The first-order valence-corrected chi connectivity index (χ1v) is 5.67. The molecule has 92 valence electrons. The number of carboxylic acid groups (broad SMARTS) is 1. The summed E-state index contributed by atoms with van der Waals surface area (Å²) in [5.41, 5.74) is 0.276. The maximum atomic E-state index is 10.9. The van der Waals surface area contributed by atoms with Crippen LogP contribution in [0.2, 0.25) is 0 Å². The molecule has 0 radical (unpaired) electrons. The molecule has 0 aromatic carbocycles. The summed E-state index contributed by atoms with van der Waals surface area (Å²) in [6.45, 7) is 1.37. The van der Waals surface area contributed by atoms with Crippen LogP contribution in [-0.4, -0.2) is 42.4 Å². The molecule has 0 atom stereocenters. The molecule has 0 unspecified atom stereocenters. The molecule has 5 nitrogen and oxygen atoms in total. The number of pyridine rings is 1. The van der Waals surface area contributed by atoms with Crippen molar-refractivity contribution in [2.45, 2.75) is 18.9 Å². The summed E-state index contributed by atoms with van der Waals surface area (Å²) in [6.07, 6.45) is 3.83. The number of nitrogens with zero attached hydrogens (tertiary/aromatic N) is 2. The lowest BCUT2D eigenvalue weighted by atomic mass is 10.2. The van der Waals surface area contributed by atoms with Crippen LogP contribution in [0.3, 0.4) is 0 Å². The van der Waals surface area contributed by atoms with Crippen molar-refractivity contribution < 1.29 is 14.6 Å². The van der Waals surface area contributed by atoms with Crippen LogP contribution in [-0.2, 0) is 4.74 Å². The summed E-state index contributed by atoms with van der Waals surface area (Å²) in [5, 5.41) is 8.95. The van der Waals surface area contributed by atoms with Crippen LogP contribution in [0.4, 0.5) is 5.82 Å². The van der Waals surface area contributed by atoms with Gasteiger partial charge in [0.15, 0.2) is 0 Å². The van der Waals surface area contributed by atoms with E-state index in [-0.39, 0.29) is 5.56 Å². The zero-order chi connectivity index (χ0) is 12.3. The van der Waals surface area contributed by atoms with E-state index in [1.54, 1.807) is 19.4 Å². The van der Waals surface area contributed by atoms with Gasteiger partial charge < -0.3 is 14.7 Å². The Morgan fingerprint density at radius 2 is 2.41 bits per heavy atom. The Morgan fingerprint density at radius 1 is 1.65 bits per heavy atom. The van der Waals surface area contributed by atoms with Gasteiger partial charge in [-0.1, -0.05) is 0 Å². The summed E-state index contributed by atoms with van der Waals surface area (Å²) in [7, 11) is 1.66. The van der Waals surface area contributed by atoms with Gasteiger partial charge >= 0.3 is 5.97 Å². The Balaban J connectivity index is 2.16. The average molecular weight is 236 g/mol. The maximum absolute atomic E-state index is 10.9. The minimum absolute atomic E-state index is 0.276. The van der Waals surface area contributed by atoms with Crippen LogP contribution >= 0.6 is 0 Å². The van der Waals surface area contributed by atoms with Crippen molar-refractivity contribution in [1.29, 1.82) is 0 Å². The Hall–Kier alpha value is -1.62. The second kappa shape index (κ2) is 5.14. The second-order valence-electron chi connectivity index (χ2n) is 4.13. The third-order valence-electron chi connectivity index (χ3n) is 2.81. The molecule has 1 heterocycles. The molecule has 17 heavy (non-hydrogen) atoms. The zero-order valence-corrected chi connectivity index (χ0v) is 9.80. The molecule has 0 aliphatic heterocycles. The Morgan fingerprint density at radius 3 is 3.00 bits per heavy atom. The lowest BCUT2D eigenvalue weighted by Gasteiger charge is -2.23. The highest BCUT2D eigenvalue weighted by Crippen LogP contribution is 2.30. The summed E-state index contributed by atoms with van der Waals surface area (Å²) < 4.78 is 5.06. The van der Waals surface area contributed by atoms with Gasteiger partial charge in [-0.15, -0.1) is 0 Å². The average Bonchev–Trinajstić information content (AvgIpc) is 3.14. The fraction of sp³-hybridized carbons (Fsp3) is 0.500. The fourth-order valence-corrected chi connectivity index (χ4v) is 1.77. The highest BCUT2D eigenvalue weighted by molar-refractivity contribution is 5.88. The summed E-state index contributed by atoms with van der Waals surface area (Å²) >= 11 is 0. The minimum atomic E-state index is -0.920. The summed E-state index contributed by atoms with van der Waals surface area (Å²) in [5.74, 6) is -0.194. The first-order valence-electron chi connectivity index (χ1n) is 5.67. The van der Waals surface area contributed by atoms with E-state index in [1.807, 2.05) is 0 Å². The van der Waals surface area contributed by atoms with Gasteiger partial charge in [0.2, 0.25) is 0 Å². The number of anilines is 1. The van der Waals surface area contributed by atoms with Gasteiger partial charge in [-0.05, 0) is 25.0 Å². The quantitative estimate of drug-likeness (QED) is 0.808. The molecule has 1 aliphatic carbocycles. The van der Waals surface area contributed by atoms with E-state index in [9.17, 15) is 4.79 Å². The molecular formula is C12H16N2O3. The summed E-state index contributed by atoms with van der Waals surface area (Å²) in [4.78, 5) is 17.3. The zero-order valence-electron chi connectivity index (χ0n) is 9.80. The van der Waals surface area contributed by atoms with Crippen LogP contribution in [0, 0.1) is 0 Å². The Kier molecular flexibility index (Phi) is 3.58. The van der Waals surface area contributed by atoms with Gasteiger partial charge in [0.25, 0.3) is 0 Å². The number of rotatable bonds is 6. The van der Waals surface area contributed by atoms with Crippen molar-refractivity contribution in [2.24, 2.45) is 0 Å². The number of hydrogen-bond donors (Lipinski definition) is 1. The van der Waals surface area contributed by atoms with Crippen molar-refractivity contribution >= 4 is 11.8 Å². The van der Waals surface area contributed by atoms with Crippen LogP contribution in [0.5, 0.6) is 0 Å². The normalized spacial score (nSPS) is 14.6. The van der Waals surface area contributed by atoms with Crippen LogP contribution < -0.4 is 4.90 Å². The van der Waals surface area contributed by atoms with Gasteiger partial charge in [-0.2, -0.15) is 0 Å². The predicted molar refractivity (Wildman–Crippen MR) is 63.4 cm³/mol. The molecule has 0 bridgehead atoms. The number of aromatic carboxylic acids is 1. The highest BCUT2D eigenvalue weighted by atomic mass is 16.5. The Bertz CT molecular complexity index is 404. The van der Waals surface area contributed by atoms with Gasteiger partial charge in [0.05, 0.1) is 12.2 Å². The number of ether oxygens (including phenoxy) is 1. The van der Waals surface area contributed by atoms with E-state index in [4.69, 9.17) is 9.84 Å². The molecule has 1 saturated carbocycles. The molecule has 2 rings (SSSR count). The van der Waals surface area contributed by atoms with Gasteiger partial charge in [-0.3, -0.25) is 0 Å². The first kappa shape index (κ1) is 11.9. The molecule has 5 heteroatoms. The molecule has 1 aromatic heterocycles. The number of aromatic nitrogens is 1. The molecular weight excluding hydrogens is 220 g/mol. The van der Waals surface area contributed by atoms with Crippen LogP contribution in [0.1, 0.15) is 23.2 Å². The maximum Gasteiger partial charge on any atom is 0.335 e. The van der Waals surface area contributed by atoms with Gasteiger partial charge in [0, 0.05) is 25.9 Å². The van der Waals surface area contributed by atoms with Crippen LogP contribution in [0.15, 0.2) is 18.3 Å². The van der Waals surface area contributed by atoms with Crippen LogP contribution in [0.25, 0.3) is 0 Å². The molecule has 1 aromatic rings. The largest absolute Gasteiger partial charge is 0.478 e. The fourth-order valence-electron chi connectivity index (χ4n) is 1.77. The number of carbonyl (C=O) groups is 1. The van der Waals surface area contributed by atoms with Crippen molar-refractivity contribution in [3.05, 3.63) is 23.9 Å². The highest BCUT2D eigenvalue weighted by Gasteiger charge is 2.29. The molecule has 1 aliphatic rings. The van der Waals surface area contributed by atoms with E-state index >= 15 is 0 Å². The van der Waals surface area contributed by atoms with Crippen molar-refractivity contribution in [1.82, 2.24) is 4.98 Å². The smallest absolute Gasteiger partial charge is 0.335 e. The van der Waals surface area contributed by atoms with Crippen molar-refractivity contribution in [2.75, 3.05) is 25.2 Å². The van der Waals surface area contributed by atoms with E-state index in [0.717, 1.165) is 25.2 Å². The molecule has 0 amide bonds. The van der Waals surface area contributed by atoms with E-state index in [0.29, 0.717) is 12.6 Å². The molecule has 1 fully saturated rings. The number of hydrogen-bond acceptors (Lipinski definition) is 4. The summed E-state index contributed by atoms with van der Waals surface area (Å²) in [6, 6.07) is 3.62. The lowest BCUT2D eigenvalue weighted by molar-refractivity contribution is 0.0697. The third-order valence-corrected chi connectivity index (χ3v) is 2.81. The van der Waals surface area contributed by atoms with Gasteiger partial charge in [-0.25, -0.2) is 9.78 Å². The minimum Gasteiger partial charge on any atom is -0.478 e. The molecule has 1 N–H and O–H groups in total. The topological polar surface area (TPSA) is 62.7 Å². The lowest BCUT2D eigenvalue weighted by Crippen LogP contribution is -2.30. The molecule has 0 spiro atoms. The monoisotopic (exact) mass is 236 g/mol. The van der Waals surface area contributed by atoms with E-state index in [1.165, 1.54) is 6.07 Å². The van der Waals surface area contributed by atoms with E-state index < -0.39 is 5.97 Å². The Labute approximate surface area is 100 Å². The second-order valence-corrected chi connectivity index (χ2v) is 4.13. The van der Waals surface area contributed by atoms with E-state index in [2.05, 4.69) is 9.88 Å². The number of methoxy groups -OCH3 is 1. The standard InChI is InChI=1S/C12H16N2O3/c1-17-7-6-14(10-2-3-10)11-8-9(12(15)16)4-5-13-11/h4-5,8,10H,2-3,6-7H2,1H3,(H,15,16). The molecule has 0 saturated heterocycles. The van der Waals surface area contributed by atoms with Gasteiger partial charge in [0.1, 0.15) is 5.82 Å². The first-order chi connectivity index (χ1) is 8.22. The third kappa shape index (κ3) is 2.94.